The van der Waals surface area contributed by atoms with Crippen LogP contribution >= 0.6 is 11.6 Å². The van der Waals surface area contributed by atoms with Crippen molar-refractivity contribution in [3.8, 4) is 11.5 Å². The quantitative estimate of drug-likeness (QED) is 0.278. The molecule has 0 radical (unpaired) electrons. The average Bonchev–Trinajstić information content (AvgIpc) is 3.05. The van der Waals surface area contributed by atoms with Gasteiger partial charge in [0.15, 0.2) is 0 Å². The molecule has 1 aliphatic rings. The number of hydrogen-bond acceptors (Lipinski definition) is 7. The van der Waals surface area contributed by atoms with Gasteiger partial charge in [0.1, 0.15) is 11.3 Å². The number of fused-ring (bicyclic) bond motifs is 1. The van der Waals surface area contributed by atoms with Crippen LogP contribution in [0.5, 0.6) is 11.5 Å². The summed E-state index contributed by atoms with van der Waals surface area (Å²) in [7, 11) is -3.88. The number of hydrogen-bond donors (Lipinski definition) is 0. The van der Waals surface area contributed by atoms with Crippen LogP contribution in [0, 0.1) is 17.0 Å². The van der Waals surface area contributed by atoms with E-state index < -0.39 is 26.3 Å². The Kier molecular flexibility index (Phi) is 6.42. The van der Waals surface area contributed by atoms with E-state index in [-0.39, 0.29) is 27.0 Å². The summed E-state index contributed by atoms with van der Waals surface area (Å²) in [5.41, 5.74) is -0.207. The first-order valence-corrected chi connectivity index (χ1v) is 12.2. The van der Waals surface area contributed by atoms with Gasteiger partial charge in [-0.3, -0.25) is 10.1 Å². The van der Waals surface area contributed by atoms with Gasteiger partial charge < -0.3 is 9.15 Å². The maximum Gasteiger partial charge on any atom is 0.336 e. The summed E-state index contributed by atoms with van der Waals surface area (Å²) in [5, 5.41) is 12.5. The highest BCUT2D eigenvalue weighted by atomic mass is 35.5. The SMILES string of the molecule is Cc1cc(=O)oc2cc(Oc3ccc(S(=O)(=O)N4CCCCCC4)cc3[N+](=O)[O-])c(Cl)cc12. The molecule has 1 aromatic heterocycles. The highest BCUT2D eigenvalue weighted by Gasteiger charge is 2.29. The van der Waals surface area contributed by atoms with E-state index in [2.05, 4.69) is 0 Å². The molecule has 11 heteroatoms. The van der Waals surface area contributed by atoms with Crippen molar-refractivity contribution in [2.45, 2.75) is 37.5 Å². The first kappa shape index (κ1) is 23.2. The van der Waals surface area contributed by atoms with Gasteiger partial charge in [-0.1, -0.05) is 24.4 Å². The molecule has 0 atom stereocenters. The van der Waals surface area contributed by atoms with Crippen LogP contribution in [0.2, 0.25) is 5.02 Å². The van der Waals surface area contributed by atoms with Gasteiger partial charge >= 0.3 is 11.3 Å². The molecule has 174 valence electrons. The molecule has 1 aliphatic heterocycles. The summed E-state index contributed by atoms with van der Waals surface area (Å²) in [5.74, 6) is -0.157. The lowest BCUT2D eigenvalue weighted by molar-refractivity contribution is -0.385. The van der Waals surface area contributed by atoms with Gasteiger partial charge in [-0.2, -0.15) is 4.31 Å². The predicted molar refractivity (Wildman–Crippen MR) is 123 cm³/mol. The standard InChI is InChI=1S/C22H21ClN2O7S/c1-14-10-22(26)32-20-13-21(17(23)12-16(14)20)31-19-7-6-15(11-18(19)25(27)28)33(29,30)24-8-4-2-3-5-9-24/h6-7,10-13H,2-5,8-9H2,1H3. The molecular weight excluding hydrogens is 472 g/mol. The summed E-state index contributed by atoms with van der Waals surface area (Å²) >= 11 is 6.30. The van der Waals surface area contributed by atoms with E-state index in [9.17, 15) is 23.3 Å². The molecule has 2 heterocycles. The van der Waals surface area contributed by atoms with Crippen molar-refractivity contribution < 1.29 is 22.5 Å². The lowest BCUT2D eigenvalue weighted by atomic mass is 10.1. The van der Waals surface area contributed by atoms with Crippen molar-refractivity contribution in [1.29, 1.82) is 0 Å². The van der Waals surface area contributed by atoms with Gasteiger partial charge in [0.2, 0.25) is 15.8 Å². The second kappa shape index (κ2) is 9.12. The van der Waals surface area contributed by atoms with Crippen LogP contribution in [0.3, 0.4) is 0 Å². The number of sulfonamides is 1. The Morgan fingerprint density at radius 2 is 1.76 bits per heavy atom. The zero-order chi connectivity index (χ0) is 23.8. The molecule has 4 rings (SSSR count). The third-order valence-corrected chi connectivity index (χ3v) is 7.74. The second-order valence-electron chi connectivity index (χ2n) is 7.83. The Morgan fingerprint density at radius 1 is 1.06 bits per heavy atom. The fourth-order valence-electron chi connectivity index (χ4n) is 3.83. The molecule has 9 nitrogen and oxygen atoms in total. The third kappa shape index (κ3) is 4.73. The van der Waals surface area contributed by atoms with E-state index in [0.717, 1.165) is 31.7 Å². The van der Waals surface area contributed by atoms with Gasteiger partial charge in [0, 0.05) is 36.7 Å². The normalized spacial score (nSPS) is 15.3. The Balaban J connectivity index is 1.73. The van der Waals surface area contributed by atoms with Crippen molar-refractivity contribution in [1.82, 2.24) is 4.31 Å². The topological polar surface area (TPSA) is 120 Å². The number of benzene rings is 2. The Bertz CT molecular complexity index is 1390. The van der Waals surface area contributed by atoms with E-state index in [1.54, 1.807) is 6.92 Å². The Hall–Kier alpha value is -2.95. The highest BCUT2D eigenvalue weighted by Crippen LogP contribution is 2.39. The van der Waals surface area contributed by atoms with Crippen molar-refractivity contribution in [3.05, 3.63) is 67.5 Å². The molecule has 1 fully saturated rings. The first-order valence-electron chi connectivity index (χ1n) is 10.4. The minimum atomic E-state index is -3.88. The number of nitro benzene ring substituents is 1. The van der Waals surface area contributed by atoms with Crippen molar-refractivity contribution in [2.24, 2.45) is 0 Å². The van der Waals surface area contributed by atoms with Crippen LogP contribution in [0.15, 0.2) is 50.5 Å². The van der Waals surface area contributed by atoms with Crippen LogP contribution < -0.4 is 10.4 Å². The van der Waals surface area contributed by atoms with E-state index in [4.69, 9.17) is 20.8 Å². The molecule has 3 aromatic rings. The minimum Gasteiger partial charge on any atom is -0.448 e. The number of halogens is 1. The van der Waals surface area contributed by atoms with Crippen molar-refractivity contribution >= 4 is 38.3 Å². The zero-order valence-electron chi connectivity index (χ0n) is 17.7. The van der Waals surface area contributed by atoms with E-state index in [0.29, 0.717) is 24.0 Å². The lowest BCUT2D eigenvalue weighted by Crippen LogP contribution is -2.31. The molecule has 0 amide bonds. The molecular formula is C22H21ClN2O7S. The molecule has 0 N–H and O–H groups in total. The molecule has 2 aromatic carbocycles. The number of nitro groups is 1. The second-order valence-corrected chi connectivity index (χ2v) is 10.2. The van der Waals surface area contributed by atoms with Crippen molar-refractivity contribution in [2.75, 3.05) is 13.1 Å². The molecule has 0 aliphatic carbocycles. The maximum atomic E-state index is 13.0. The van der Waals surface area contributed by atoms with Crippen LogP contribution in [0.4, 0.5) is 5.69 Å². The molecule has 1 saturated heterocycles. The molecule has 0 spiro atoms. The van der Waals surface area contributed by atoms with Gasteiger partial charge in [-0.25, -0.2) is 13.2 Å². The van der Waals surface area contributed by atoms with E-state index in [1.807, 2.05) is 0 Å². The van der Waals surface area contributed by atoms with Gasteiger partial charge in [0.25, 0.3) is 0 Å². The summed E-state index contributed by atoms with van der Waals surface area (Å²) < 4.78 is 38.3. The maximum absolute atomic E-state index is 13.0. The predicted octanol–water partition coefficient (Wildman–Crippen LogP) is 5.02. The fraction of sp³-hybridized carbons (Fsp3) is 0.318. The fourth-order valence-corrected chi connectivity index (χ4v) is 5.57. The van der Waals surface area contributed by atoms with Gasteiger partial charge in [-0.15, -0.1) is 0 Å². The smallest absolute Gasteiger partial charge is 0.336 e. The van der Waals surface area contributed by atoms with Crippen LogP contribution in [-0.2, 0) is 10.0 Å². The van der Waals surface area contributed by atoms with Crippen LogP contribution in [-0.4, -0.2) is 30.7 Å². The summed E-state index contributed by atoms with van der Waals surface area (Å²) in [4.78, 5) is 22.5. The average molecular weight is 493 g/mol. The van der Waals surface area contributed by atoms with E-state index >= 15 is 0 Å². The summed E-state index contributed by atoms with van der Waals surface area (Å²) in [6.45, 7) is 2.49. The highest BCUT2D eigenvalue weighted by molar-refractivity contribution is 7.89. The summed E-state index contributed by atoms with van der Waals surface area (Å²) in [6.07, 6.45) is 3.40. The Morgan fingerprint density at radius 3 is 2.42 bits per heavy atom. The molecule has 0 saturated carbocycles. The third-order valence-electron chi connectivity index (χ3n) is 5.55. The Labute approximate surface area is 194 Å². The minimum absolute atomic E-state index is 0.0316. The van der Waals surface area contributed by atoms with Gasteiger partial charge in [-0.05, 0) is 43.5 Å². The number of rotatable bonds is 5. The zero-order valence-corrected chi connectivity index (χ0v) is 19.3. The van der Waals surface area contributed by atoms with Crippen LogP contribution in [0.1, 0.15) is 31.2 Å². The van der Waals surface area contributed by atoms with Crippen molar-refractivity contribution in [3.63, 3.8) is 0 Å². The molecule has 0 bridgehead atoms. The molecule has 33 heavy (non-hydrogen) atoms. The van der Waals surface area contributed by atoms with Gasteiger partial charge in [0.05, 0.1) is 14.8 Å². The van der Waals surface area contributed by atoms with E-state index in [1.165, 1.54) is 34.6 Å². The molecule has 0 unspecified atom stereocenters. The largest absolute Gasteiger partial charge is 0.448 e. The number of ether oxygens (including phenoxy) is 1. The monoisotopic (exact) mass is 492 g/mol. The number of aryl methyl sites for hydroxylation is 1. The first-order chi connectivity index (χ1) is 15.7. The number of nitrogens with zero attached hydrogens (tertiary/aromatic N) is 2. The van der Waals surface area contributed by atoms with Crippen LogP contribution in [0.25, 0.3) is 11.0 Å². The summed E-state index contributed by atoms with van der Waals surface area (Å²) in [6, 6.07) is 7.74. The lowest BCUT2D eigenvalue weighted by Gasteiger charge is -2.20.